The highest BCUT2D eigenvalue weighted by molar-refractivity contribution is 5.58. The molecule has 1 atom stereocenters. The lowest BCUT2D eigenvalue weighted by Gasteiger charge is -2.00. The predicted molar refractivity (Wildman–Crippen MR) is 52.5 cm³/mol. The standard InChI is InChI=1S/C10H13NO2/c1-7(11)2-3-8-4-5-9(12)6-10(8)13/h2-7,12-13H,11H2,1H3/b3-2+. The van der Waals surface area contributed by atoms with Crippen LogP contribution in [-0.2, 0) is 0 Å². The highest BCUT2D eigenvalue weighted by atomic mass is 16.3. The SMILES string of the molecule is CC(N)/C=C/c1ccc(O)cc1O. The molecule has 0 aliphatic rings. The van der Waals surface area contributed by atoms with Crippen molar-refractivity contribution in [2.24, 2.45) is 5.73 Å². The largest absolute Gasteiger partial charge is 0.508 e. The fourth-order valence-corrected chi connectivity index (χ4v) is 0.928. The van der Waals surface area contributed by atoms with Crippen LogP contribution >= 0.6 is 0 Å². The van der Waals surface area contributed by atoms with Crippen LogP contribution in [0.25, 0.3) is 6.08 Å². The van der Waals surface area contributed by atoms with E-state index >= 15 is 0 Å². The molecule has 1 aromatic rings. The molecule has 1 aromatic carbocycles. The van der Waals surface area contributed by atoms with Gasteiger partial charge in [0.15, 0.2) is 0 Å². The third-order valence-corrected chi connectivity index (χ3v) is 1.59. The van der Waals surface area contributed by atoms with Crippen molar-refractivity contribution < 1.29 is 10.2 Å². The van der Waals surface area contributed by atoms with Gasteiger partial charge in [0.05, 0.1) is 0 Å². The first kappa shape index (κ1) is 9.61. The summed E-state index contributed by atoms with van der Waals surface area (Å²) in [4.78, 5) is 0. The molecule has 0 saturated carbocycles. The number of nitrogens with two attached hydrogens (primary N) is 1. The fourth-order valence-electron chi connectivity index (χ4n) is 0.928. The number of benzene rings is 1. The number of hydrogen-bond donors (Lipinski definition) is 3. The summed E-state index contributed by atoms with van der Waals surface area (Å²) in [5.74, 6) is 0.104. The van der Waals surface area contributed by atoms with Crippen molar-refractivity contribution >= 4 is 6.08 Å². The minimum Gasteiger partial charge on any atom is -0.508 e. The summed E-state index contributed by atoms with van der Waals surface area (Å²) >= 11 is 0. The zero-order valence-electron chi connectivity index (χ0n) is 7.44. The summed E-state index contributed by atoms with van der Waals surface area (Å²) < 4.78 is 0. The van der Waals surface area contributed by atoms with Crippen LogP contribution in [0.15, 0.2) is 24.3 Å². The first-order chi connectivity index (χ1) is 6.09. The highest BCUT2D eigenvalue weighted by Gasteiger charge is 1.97. The van der Waals surface area contributed by atoms with Crippen LogP contribution in [0.1, 0.15) is 12.5 Å². The molecule has 0 radical (unpaired) electrons. The summed E-state index contributed by atoms with van der Waals surface area (Å²) in [6, 6.07) is 4.39. The molecule has 0 amide bonds. The van der Waals surface area contributed by atoms with Gasteiger partial charge < -0.3 is 15.9 Å². The molecule has 70 valence electrons. The fraction of sp³-hybridized carbons (Fsp3) is 0.200. The topological polar surface area (TPSA) is 66.5 Å². The van der Waals surface area contributed by atoms with Crippen molar-refractivity contribution in [2.45, 2.75) is 13.0 Å². The first-order valence-electron chi connectivity index (χ1n) is 4.05. The van der Waals surface area contributed by atoms with E-state index in [1.807, 2.05) is 6.92 Å². The van der Waals surface area contributed by atoms with E-state index in [-0.39, 0.29) is 17.5 Å². The van der Waals surface area contributed by atoms with Gasteiger partial charge in [0, 0.05) is 17.7 Å². The first-order valence-corrected chi connectivity index (χ1v) is 4.05. The molecule has 0 aliphatic carbocycles. The Kier molecular flexibility index (Phi) is 2.93. The van der Waals surface area contributed by atoms with E-state index in [2.05, 4.69) is 0 Å². The summed E-state index contributed by atoms with van der Waals surface area (Å²) in [6.07, 6.45) is 3.49. The lowest BCUT2D eigenvalue weighted by Crippen LogP contribution is -2.09. The molecule has 0 heterocycles. The molecule has 3 nitrogen and oxygen atoms in total. The van der Waals surface area contributed by atoms with E-state index in [9.17, 15) is 5.11 Å². The summed E-state index contributed by atoms with van der Waals surface area (Å²) in [5, 5.41) is 18.4. The van der Waals surface area contributed by atoms with Gasteiger partial charge in [0.1, 0.15) is 11.5 Å². The van der Waals surface area contributed by atoms with Gasteiger partial charge in [-0.1, -0.05) is 12.2 Å². The second-order valence-electron chi connectivity index (χ2n) is 2.96. The average molecular weight is 179 g/mol. The quantitative estimate of drug-likeness (QED) is 0.643. The molecule has 13 heavy (non-hydrogen) atoms. The number of hydrogen-bond acceptors (Lipinski definition) is 3. The van der Waals surface area contributed by atoms with E-state index in [4.69, 9.17) is 10.8 Å². The molecule has 1 unspecified atom stereocenters. The number of phenols is 2. The maximum Gasteiger partial charge on any atom is 0.126 e. The Bertz CT molecular complexity index is 319. The summed E-state index contributed by atoms with van der Waals surface area (Å²) in [7, 11) is 0. The molecule has 0 bridgehead atoms. The Morgan fingerprint density at radius 1 is 1.38 bits per heavy atom. The lowest BCUT2D eigenvalue weighted by molar-refractivity contribution is 0.450. The van der Waals surface area contributed by atoms with Gasteiger partial charge in [-0.2, -0.15) is 0 Å². The third-order valence-electron chi connectivity index (χ3n) is 1.59. The van der Waals surface area contributed by atoms with Gasteiger partial charge in [-0.15, -0.1) is 0 Å². The van der Waals surface area contributed by atoms with E-state index in [1.165, 1.54) is 12.1 Å². The number of phenolic OH excluding ortho intramolecular Hbond substituents is 2. The molecule has 0 aliphatic heterocycles. The Hall–Kier alpha value is -1.48. The zero-order valence-corrected chi connectivity index (χ0v) is 7.44. The molecular formula is C10H13NO2. The summed E-state index contributed by atoms with van der Waals surface area (Å²) in [5.41, 5.74) is 6.15. The average Bonchev–Trinajstić information content (AvgIpc) is 2.02. The molecule has 0 spiro atoms. The normalized spacial score (nSPS) is 13.4. The van der Waals surface area contributed by atoms with Gasteiger partial charge >= 0.3 is 0 Å². The lowest BCUT2D eigenvalue weighted by atomic mass is 10.1. The number of aromatic hydroxyl groups is 2. The Balaban J connectivity index is 2.90. The zero-order chi connectivity index (χ0) is 9.84. The maximum atomic E-state index is 9.35. The van der Waals surface area contributed by atoms with E-state index in [1.54, 1.807) is 18.2 Å². The van der Waals surface area contributed by atoms with Crippen LogP contribution in [0.4, 0.5) is 0 Å². The van der Waals surface area contributed by atoms with E-state index < -0.39 is 0 Å². The molecule has 0 fully saturated rings. The molecule has 0 aromatic heterocycles. The third kappa shape index (κ3) is 2.80. The van der Waals surface area contributed by atoms with Crippen molar-refractivity contribution in [1.82, 2.24) is 0 Å². The Morgan fingerprint density at radius 2 is 2.08 bits per heavy atom. The molecule has 0 saturated heterocycles. The Morgan fingerprint density at radius 3 is 2.62 bits per heavy atom. The van der Waals surface area contributed by atoms with Crippen molar-refractivity contribution in [2.75, 3.05) is 0 Å². The predicted octanol–water partition coefficient (Wildman–Crippen LogP) is 1.46. The van der Waals surface area contributed by atoms with E-state index in [0.717, 1.165) is 0 Å². The minimum absolute atomic E-state index is 0.0480. The molecular weight excluding hydrogens is 166 g/mol. The Labute approximate surface area is 77.1 Å². The second-order valence-corrected chi connectivity index (χ2v) is 2.96. The van der Waals surface area contributed by atoms with Gasteiger partial charge in [-0.05, 0) is 19.1 Å². The second kappa shape index (κ2) is 3.96. The molecule has 4 N–H and O–H groups in total. The van der Waals surface area contributed by atoms with Crippen molar-refractivity contribution in [3.63, 3.8) is 0 Å². The minimum atomic E-state index is -0.0480. The van der Waals surface area contributed by atoms with Crippen LogP contribution in [0, 0.1) is 0 Å². The van der Waals surface area contributed by atoms with Crippen molar-refractivity contribution in [3.8, 4) is 11.5 Å². The van der Waals surface area contributed by atoms with Gasteiger partial charge in [0.25, 0.3) is 0 Å². The smallest absolute Gasteiger partial charge is 0.126 e. The van der Waals surface area contributed by atoms with Crippen LogP contribution in [0.2, 0.25) is 0 Å². The molecule has 1 rings (SSSR count). The highest BCUT2D eigenvalue weighted by Crippen LogP contribution is 2.23. The van der Waals surface area contributed by atoms with E-state index in [0.29, 0.717) is 5.56 Å². The maximum absolute atomic E-state index is 9.35. The summed E-state index contributed by atoms with van der Waals surface area (Å²) in [6.45, 7) is 1.84. The monoisotopic (exact) mass is 179 g/mol. The van der Waals surface area contributed by atoms with Gasteiger partial charge in [0.2, 0.25) is 0 Å². The molecule has 3 heteroatoms. The van der Waals surface area contributed by atoms with Crippen LogP contribution in [-0.4, -0.2) is 16.3 Å². The van der Waals surface area contributed by atoms with Gasteiger partial charge in [-0.25, -0.2) is 0 Å². The number of rotatable bonds is 2. The van der Waals surface area contributed by atoms with Crippen molar-refractivity contribution in [1.29, 1.82) is 0 Å². The van der Waals surface area contributed by atoms with Gasteiger partial charge in [-0.3, -0.25) is 0 Å². The van der Waals surface area contributed by atoms with Crippen LogP contribution in [0.5, 0.6) is 11.5 Å². The van der Waals surface area contributed by atoms with Crippen molar-refractivity contribution in [3.05, 3.63) is 29.8 Å². The van der Waals surface area contributed by atoms with Crippen LogP contribution < -0.4 is 5.73 Å². The van der Waals surface area contributed by atoms with Crippen LogP contribution in [0.3, 0.4) is 0 Å².